The molecule has 0 aliphatic carbocycles. The van der Waals surface area contributed by atoms with E-state index in [4.69, 9.17) is 4.98 Å². The zero-order valence-electron chi connectivity index (χ0n) is 17.1. The zero-order valence-corrected chi connectivity index (χ0v) is 18.0. The Morgan fingerprint density at radius 3 is 2.48 bits per heavy atom. The van der Waals surface area contributed by atoms with Crippen LogP contribution in [0.3, 0.4) is 0 Å². The van der Waals surface area contributed by atoms with E-state index in [-0.39, 0.29) is 0 Å². The maximum absolute atomic E-state index is 4.74. The van der Waals surface area contributed by atoms with Gasteiger partial charge in [0.05, 0.1) is 0 Å². The van der Waals surface area contributed by atoms with Crippen molar-refractivity contribution in [2.24, 2.45) is 0 Å². The number of nitrogens with one attached hydrogen (secondary N) is 1. The second kappa shape index (κ2) is 8.73. The molecule has 1 aromatic carbocycles. The van der Waals surface area contributed by atoms with Crippen molar-refractivity contribution in [3.8, 4) is 0 Å². The van der Waals surface area contributed by atoms with Crippen LogP contribution in [0, 0.1) is 0 Å². The molecule has 156 valence electrons. The number of aromatic nitrogens is 5. The van der Waals surface area contributed by atoms with Crippen LogP contribution in [0.4, 0.5) is 23.3 Å². The van der Waals surface area contributed by atoms with Gasteiger partial charge >= 0.3 is 0 Å². The van der Waals surface area contributed by atoms with E-state index < -0.39 is 0 Å². The number of pyridine rings is 1. The molecule has 1 saturated heterocycles. The van der Waals surface area contributed by atoms with Gasteiger partial charge in [0.25, 0.3) is 0 Å². The maximum atomic E-state index is 4.74. The Hall–Kier alpha value is -3.46. The topological polar surface area (TPSA) is 83.0 Å². The molecule has 4 aromatic rings. The molecular weight excluding hydrogens is 408 g/mol. The smallest absolute Gasteiger partial charge is 0.225 e. The van der Waals surface area contributed by atoms with Gasteiger partial charge in [0.15, 0.2) is 5.16 Å². The Morgan fingerprint density at radius 1 is 0.871 bits per heavy atom. The Bertz CT molecular complexity index is 1180. The summed E-state index contributed by atoms with van der Waals surface area (Å²) in [4.78, 5) is 26.8. The summed E-state index contributed by atoms with van der Waals surface area (Å²) in [5.74, 6) is 2.50. The van der Waals surface area contributed by atoms with Gasteiger partial charge in [0.1, 0.15) is 11.6 Å². The van der Waals surface area contributed by atoms with Gasteiger partial charge in [-0.15, -0.1) is 0 Å². The summed E-state index contributed by atoms with van der Waals surface area (Å²) in [6.45, 7) is 3.41. The minimum atomic E-state index is 0.749. The summed E-state index contributed by atoms with van der Waals surface area (Å²) in [6.07, 6.45) is 9.24. The number of piperazine rings is 1. The molecule has 3 aromatic heterocycles. The van der Waals surface area contributed by atoms with E-state index in [2.05, 4.69) is 47.2 Å². The molecular formula is C22H22N8S. The van der Waals surface area contributed by atoms with Crippen molar-refractivity contribution in [2.75, 3.05) is 47.6 Å². The van der Waals surface area contributed by atoms with Gasteiger partial charge < -0.3 is 15.1 Å². The van der Waals surface area contributed by atoms with E-state index in [9.17, 15) is 0 Å². The molecule has 8 nitrogen and oxygen atoms in total. The van der Waals surface area contributed by atoms with Crippen LogP contribution in [0.2, 0.25) is 0 Å². The average molecular weight is 431 g/mol. The van der Waals surface area contributed by atoms with Gasteiger partial charge in [-0.1, -0.05) is 17.8 Å². The van der Waals surface area contributed by atoms with Gasteiger partial charge in [-0.25, -0.2) is 19.9 Å². The number of nitrogens with zero attached hydrogens (tertiary/aromatic N) is 7. The van der Waals surface area contributed by atoms with E-state index in [1.165, 1.54) is 0 Å². The van der Waals surface area contributed by atoms with Crippen molar-refractivity contribution in [3.63, 3.8) is 0 Å². The van der Waals surface area contributed by atoms with E-state index in [1.54, 1.807) is 30.4 Å². The highest BCUT2D eigenvalue weighted by Gasteiger charge is 2.21. The van der Waals surface area contributed by atoms with Crippen molar-refractivity contribution in [1.82, 2.24) is 24.9 Å². The fraction of sp³-hybridized carbons (Fsp3) is 0.227. The van der Waals surface area contributed by atoms with Crippen LogP contribution in [0.15, 0.2) is 66.3 Å². The number of anilines is 4. The van der Waals surface area contributed by atoms with Crippen LogP contribution < -0.4 is 15.1 Å². The molecule has 1 aliphatic heterocycles. The van der Waals surface area contributed by atoms with Gasteiger partial charge in [0, 0.05) is 68.1 Å². The molecule has 9 heteroatoms. The minimum absolute atomic E-state index is 0.749. The fourth-order valence-electron chi connectivity index (χ4n) is 3.63. The molecule has 0 unspecified atom stereocenters. The molecule has 5 rings (SSSR count). The van der Waals surface area contributed by atoms with E-state index in [0.717, 1.165) is 65.4 Å². The Labute approximate surface area is 184 Å². The minimum Gasteiger partial charge on any atom is -0.353 e. The Morgan fingerprint density at radius 2 is 1.68 bits per heavy atom. The first-order valence-corrected chi connectivity index (χ1v) is 11.3. The number of hydrogen-bond donors (Lipinski definition) is 1. The fourth-order valence-corrected chi connectivity index (χ4v) is 4.00. The van der Waals surface area contributed by atoms with Crippen LogP contribution in [-0.4, -0.2) is 57.4 Å². The molecule has 1 fully saturated rings. The predicted molar refractivity (Wildman–Crippen MR) is 125 cm³/mol. The van der Waals surface area contributed by atoms with E-state index in [1.807, 2.05) is 36.7 Å². The highest BCUT2D eigenvalue weighted by Crippen LogP contribution is 2.26. The summed E-state index contributed by atoms with van der Waals surface area (Å²) in [5, 5.41) is 6.44. The molecule has 1 aliphatic rings. The summed E-state index contributed by atoms with van der Waals surface area (Å²) < 4.78 is 0. The lowest BCUT2D eigenvalue weighted by molar-refractivity contribution is 0.631. The van der Waals surface area contributed by atoms with Crippen molar-refractivity contribution < 1.29 is 0 Å². The van der Waals surface area contributed by atoms with Crippen molar-refractivity contribution in [1.29, 1.82) is 0 Å². The van der Waals surface area contributed by atoms with Crippen molar-refractivity contribution in [2.45, 2.75) is 5.16 Å². The summed E-state index contributed by atoms with van der Waals surface area (Å²) in [7, 11) is 0. The third-order valence-electron chi connectivity index (χ3n) is 5.23. The Kier molecular flexibility index (Phi) is 5.49. The third-order valence-corrected chi connectivity index (χ3v) is 5.77. The summed E-state index contributed by atoms with van der Waals surface area (Å²) in [5.41, 5.74) is 0.987. The lowest BCUT2D eigenvalue weighted by atomic mass is 10.1. The standard InChI is InChI=1S/C22H22N8S/c1-31-22-27-19(26-18-4-3-17-15-23-8-5-16(17)13-18)14-20(28-22)29-9-11-30(12-10-29)21-24-6-2-7-25-21/h2-8,13-15H,9-12H2,1H3,(H,26,27,28). The highest BCUT2D eigenvalue weighted by molar-refractivity contribution is 7.98. The molecule has 1 N–H and O–H groups in total. The lowest BCUT2D eigenvalue weighted by Gasteiger charge is -2.35. The van der Waals surface area contributed by atoms with Crippen LogP contribution in [0.1, 0.15) is 0 Å². The molecule has 0 saturated carbocycles. The first kappa shape index (κ1) is 19.5. The molecule has 0 radical (unpaired) electrons. The second-order valence-electron chi connectivity index (χ2n) is 7.18. The zero-order chi connectivity index (χ0) is 21.0. The first-order valence-electron chi connectivity index (χ1n) is 10.1. The molecule has 0 bridgehead atoms. The van der Waals surface area contributed by atoms with Crippen molar-refractivity contribution in [3.05, 3.63) is 61.2 Å². The lowest BCUT2D eigenvalue weighted by Crippen LogP contribution is -2.47. The third kappa shape index (κ3) is 4.36. The first-order chi connectivity index (χ1) is 15.3. The number of fused-ring (bicyclic) bond motifs is 1. The van der Waals surface area contributed by atoms with E-state index in [0.29, 0.717) is 0 Å². The normalized spacial score (nSPS) is 14.1. The predicted octanol–water partition coefficient (Wildman–Crippen LogP) is 3.61. The largest absolute Gasteiger partial charge is 0.353 e. The van der Waals surface area contributed by atoms with Crippen LogP contribution in [0.5, 0.6) is 0 Å². The maximum Gasteiger partial charge on any atom is 0.225 e. The number of hydrogen-bond acceptors (Lipinski definition) is 9. The number of thioether (sulfide) groups is 1. The van der Waals surface area contributed by atoms with E-state index >= 15 is 0 Å². The molecule has 4 heterocycles. The number of benzene rings is 1. The van der Waals surface area contributed by atoms with Crippen LogP contribution in [-0.2, 0) is 0 Å². The average Bonchev–Trinajstić information content (AvgIpc) is 2.84. The van der Waals surface area contributed by atoms with Gasteiger partial charge in [-0.05, 0) is 35.9 Å². The van der Waals surface area contributed by atoms with Crippen LogP contribution >= 0.6 is 11.8 Å². The van der Waals surface area contributed by atoms with Gasteiger partial charge in [0.2, 0.25) is 5.95 Å². The number of rotatable bonds is 5. The monoisotopic (exact) mass is 430 g/mol. The quantitative estimate of drug-likeness (QED) is 0.377. The summed E-state index contributed by atoms with van der Waals surface area (Å²) in [6, 6.07) is 12.1. The SMILES string of the molecule is CSc1nc(Nc2ccc3cnccc3c2)cc(N2CCN(c3ncccn3)CC2)n1. The molecule has 0 atom stereocenters. The second-order valence-corrected chi connectivity index (χ2v) is 7.96. The molecule has 31 heavy (non-hydrogen) atoms. The molecule has 0 spiro atoms. The molecule has 0 amide bonds. The van der Waals surface area contributed by atoms with Crippen LogP contribution in [0.25, 0.3) is 10.8 Å². The van der Waals surface area contributed by atoms with Gasteiger partial charge in [-0.2, -0.15) is 0 Å². The highest BCUT2D eigenvalue weighted by atomic mass is 32.2. The van der Waals surface area contributed by atoms with Gasteiger partial charge in [-0.3, -0.25) is 4.98 Å². The van der Waals surface area contributed by atoms with Crippen molar-refractivity contribution >= 4 is 45.8 Å². The summed E-state index contributed by atoms with van der Waals surface area (Å²) >= 11 is 1.54. The Balaban J connectivity index is 1.34.